The number of methoxy groups -OCH3 is 1. The van der Waals surface area contributed by atoms with Crippen LogP contribution in [0.5, 0.6) is 5.75 Å². The summed E-state index contributed by atoms with van der Waals surface area (Å²) >= 11 is 0. The van der Waals surface area contributed by atoms with Crippen LogP contribution in [-0.2, 0) is 7.05 Å². The maximum atomic E-state index is 13.4. The van der Waals surface area contributed by atoms with E-state index in [1.807, 2.05) is 35.9 Å². The molecule has 2 aromatic heterocycles. The normalized spacial score (nSPS) is 11.2. The minimum Gasteiger partial charge on any atom is -0.497 e. The highest BCUT2D eigenvalue weighted by molar-refractivity contribution is 6.16. The first-order valence-corrected chi connectivity index (χ1v) is 10.00. The Balaban J connectivity index is 2.01. The molecule has 0 aliphatic carbocycles. The zero-order valence-electron chi connectivity index (χ0n) is 17.3. The van der Waals surface area contributed by atoms with E-state index < -0.39 is 0 Å². The van der Waals surface area contributed by atoms with Crippen LogP contribution in [0.4, 0.5) is 0 Å². The van der Waals surface area contributed by atoms with Crippen molar-refractivity contribution < 1.29 is 9.53 Å². The molecule has 0 aliphatic heterocycles. The number of hydrogen-bond acceptors (Lipinski definition) is 4. The number of ether oxygens (including phenoxy) is 1. The van der Waals surface area contributed by atoms with Crippen LogP contribution in [-0.4, -0.2) is 33.9 Å². The van der Waals surface area contributed by atoms with Gasteiger partial charge in [0.05, 0.1) is 12.8 Å². The zero-order chi connectivity index (χ0) is 21.3. The van der Waals surface area contributed by atoms with Crippen LogP contribution in [0.3, 0.4) is 0 Å². The van der Waals surface area contributed by atoms with Crippen molar-refractivity contribution in [1.82, 2.24) is 19.7 Å². The predicted molar refractivity (Wildman–Crippen MR) is 118 cm³/mol. The molecule has 0 spiro atoms. The van der Waals surface area contributed by atoms with Gasteiger partial charge in [-0.3, -0.25) is 9.59 Å². The number of fused-ring (bicyclic) bond motifs is 3. The van der Waals surface area contributed by atoms with E-state index in [0.717, 1.165) is 23.7 Å². The van der Waals surface area contributed by atoms with Gasteiger partial charge in [0.25, 0.3) is 11.5 Å². The van der Waals surface area contributed by atoms with Crippen molar-refractivity contribution in [3.8, 4) is 11.4 Å². The number of carbonyl (C=O) groups excluding carboxylic acids is 1. The van der Waals surface area contributed by atoms with E-state index in [9.17, 15) is 9.59 Å². The van der Waals surface area contributed by atoms with Crippen molar-refractivity contribution in [3.05, 3.63) is 64.6 Å². The maximum Gasteiger partial charge on any atom is 0.296 e. The Morgan fingerprint density at radius 2 is 1.87 bits per heavy atom. The van der Waals surface area contributed by atoms with E-state index in [1.54, 1.807) is 31.4 Å². The fourth-order valence-electron chi connectivity index (χ4n) is 3.70. The second kappa shape index (κ2) is 8.02. The molecule has 7 heteroatoms. The summed E-state index contributed by atoms with van der Waals surface area (Å²) in [7, 11) is 3.42. The molecule has 7 nitrogen and oxygen atoms in total. The minimum atomic E-state index is -0.285. The van der Waals surface area contributed by atoms with E-state index in [1.165, 1.54) is 4.68 Å². The molecule has 0 saturated carbocycles. The van der Waals surface area contributed by atoms with E-state index in [2.05, 4.69) is 17.3 Å². The summed E-state index contributed by atoms with van der Waals surface area (Å²) in [4.78, 5) is 26.5. The molecular weight excluding hydrogens is 380 g/mol. The highest BCUT2D eigenvalue weighted by atomic mass is 16.5. The minimum absolute atomic E-state index is 0.244. The molecule has 0 unspecified atom stereocenters. The number of hydrogen-bond donors (Lipinski definition) is 1. The summed E-state index contributed by atoms with van der Waals surface area (Å²) in [5.41, 5.74) is 1.85. The average molecular weight is 404 g/mol. The van der Waals surface area contributed by atoms with Crippen molar-refractivity contribution in [3.63, 3.8) is 0 Å². The number of para-hydroxylation sites is 1. The largest absolute Gasteiger partial charge is 0.497 e. The Morgan fingerprint density at radius 3 is 2.57 bits per heavy atom. The number of unbranched alkanes of at least 4 members (excludes halogenated alkanes) is 1. The Bertz CT molecular complexity index is 1290. The van der Waals surface area contributed by atoms with Crippen LogP contribution in [0.1, 0.15) is 30.3 Å². The molecule has 2 heterocycles. The number of amides is 1. The van der Waals surface area contributed by atoms with Crippen LogP contribution in [0.15, 0.2) is 53.3 Å². The first-order valence-electron chi connectivity index (χ1n) is 10.00. The topological polar surface area (TPSA) is 78.2 Å². The first kappa shape index (κ1) is 19.7. The Hall–Kier alpha value is -3.61. The highest BCUT2D eigenvalue weighted by Gasteiger charge is 2.23. The van der Waals surface area contributed by atoms with Crippen LogP contribution in [0.25, 0.3) is 27.5 Å². The van der Waals surface area contributed by atoms with Gasteiger partial charge in [-0.25, -0.2) is 0 Å². The zero-order valence-corrected chi connectivity index (χ0v) is 17.3. The van der Waals surface area contributed by atoms with Crippen LogP contribution >= 0.6 is 0 Å². The summed E-state index contributed by atoms with van der Waals surface area (Å²) in [6.07, 6.45) is 1.85. The molecule has 154 valence electrons. The SMILES string of the molecule is CCCCNC(=O)c1nn(-c2ccc(OC)cc2)c(=O)c2c1c1ccccc1n2C. The lowest BCUT2D eigenvalue weighted by atomic mass is 10.1. The summed E-state index contributed by atoms with van der Waals surface area (Å²) in [6.45, 7) is 2.63. The molecule has 2 aromatic carbocycles. The van der Waals surface area contributed by atoms with Crippen LogP contribution in [0, 0.1) is 0 Å². The van der Waals surface area contributed by atoms with E-state index in [-0.39, 0.29) is 17.2 Å². The fourth-order valence-corrected chi connectivity index (χ4v) is 3.70. The number of nitrogens with one attached hydrogen (secondary N) is 1. The van der Waals surface area contributed by atoms with Gasteiger partial charge in [0, 0.05) is 29.9 Å². The van der Waals surface area contributed by atoms with Crippen molar-refractivity contribution in [2.75, 3.05) is 13.7 Å². The number of nitrogens with zero attached hydrogens (tertiary/aromatic N) is 3. The summed E-state index contributed by atoms with van der Waals surface area (Å²) in [5.74, 6) is 0.391. The Kier molecular flexibility index (Phi) is 5.27. The third-order valence-electron chi connectivity index (χ3n) is 5.29. The number of benzene rings is 2. The Morgan fingerprint density at radius 1 is 1.13 bits per heavy atom. The fraction of sp³-hybridized carbons (Fsp3) is 0.261. The smallest absolute Gasteiger partial charge is 0.296 e. The molecule has 1 amide bonds. The van der Waals surface area contributed by atoms with E-state index >= 15 is 0 Å². The molecule has 30 heavy (non-hydrogen) atoms. The van der Waals surface area contributed by atoms with Crippen molar-refractivity contribution in [2.45, 2.75) is 19.8 Å². The lowest BCUT2D eigenvalue weighted by Gasteiger charge is -2.11. The number of aryl methyl sites for hydroxylation is 1. The van der Waals surface area contributed by atoms with Crippen molar-refractivity contribution >= 4 is 27.7 Å². The van der Waals surface area contributed by atoms with Crippen LogP contribution < -0.4 is 15.6 Å². The molecular formula is C23H24N4O3. The van der Waals surface area contributed by atoms with Gasteiger partial charge in [-0.15, -0.1) is 0 Å². The lowest BCUT2D eigenvalue weighted by Crippen LogP contribution is -2.30. The molecule has 0 saturated heterocycles. The first-order chi connectivity index (χ1) is 14.6. The number of rotatable bonds is 6. The Labute approximate surface area is 173 Å². The lowest BCUT2D eigenvalue weighted by molar-refractivity contribution is 0.0948. The second-order valence-electron chi connectivity index (χ2n) is 7.17. The quantitative estimate of drug-likeness (QED) is 0.500. The molecule has 0 fully saturated rings. The van der Waals surface area contributed by atoms with Gasteiger partial charge in [-0.1, -0.05) is 31.5 Å². The number of carbonyl (C=O) groups is 1. The molecule has 1 N–H and O–H groups in total. The predicted octanol–water partition coefficient (Wildman–Crippen LogP) is 3.42. The second-order valence-corrected chi connectivity index (χ2v) is 7.17. The monoisotopic (exact) mass is 404 g/mol. The number of aromatic nitrogens is 3. The summed E-state index contributed by atoms with van der Waals surface area (Å²) < 4.78 is 8.32. The van der Waals surface area contributed by atoms with E-state index in [0.29, 0.717) is 28.9 Å². The van der Waals surface area contributed by atoms with Gasteiger partial charge in [0.15, 0.2) is 5.69 Å². The van der Waals surface area contributed by atoms with Gasteiger partial charge in [0.1, 0.15) is 11.3 Å². The van der Waals surface area contributed by atoms with Crippen molar-refractivity contribution in [1.29, 1.82) is 0 Å². The van der Waals surface area contributed by atoms with Gasteiger partial charge in [0.2, 0.25) is 0 Å². The third kappa shape index (κ3) is 3.22. The third-order valence-corrected chi connectivity index (χ3v) is 5.29. The average Bonchev–Trinajstić information content (AvgIpc) is 3.08. The highest BCUT2D eigenvalue weighted by Crippen LogP contribution is 2.28. The van der Waals surface area contributed by atoms with Gasteiger partial charge in [-0.05, 0) is 36.8 Å². The summed E-state index contributed by atoms with van der Waals surface area (Å²) in [6, 6.07) is 14.7. The maximum absolute atomic E-state index is 13.4. The molecule has 0 atom stereocenters. The van der Waals surface area contributed by atoms with Crippen molar-refractivity contribution in [2.24, 2.45) is 7.05 Å². The standard InChI is InChI=1S/C23H24N4O3/c1-4-5-14-24-22(28)20-19-17-8-6-7-9-18(17)26(2)21(19)23(29)27(25-20)15-10-12-16(30-3)13-11-15/h6-13H,4-5,14H2,1-3H3,(H,24,28). The van der Waals surface area contributed by atoms with Gasteiger partial charge < -0.3 is 14.6 Å². The molecule has 0 aliphatic rings. The van der Waals surface area contributed by atoms with E-state index in [4.69, 9.17) is 4.74 Å². The van der Waals surface area contributed by atoms with Gasteiger partial charge >= 0.3 is 0 Å². The molecule has 4 rings (SSSR count). The molecule has 0 bridgehead atoms. The van der Waals surface area contributed by atoms with Crippen LogP contribution in [0.2, 0.25) is 0 Å². The molecule has 0 radical (unpaired) electrons. The summed E-state index contributed by atoms with van der Waals surface area (Å²) in [5, 5.41) is 8.86. The van der Waals surface area contributed by atoms with Gasteiger partial charge in [-0.2, -0.15) is 9.78 Å². The molecule has 4 aromatic rings.